The number of benzene rings is 2. The molecule has 4 rings (SSSR count). The van der Waals surface area contributed by atoms with Crippen LogP contribution in [0, 0.1) is 17.1 Å². The zero-order valence-electron chi connectivity index (χ0n) is 17.1. The van der Waals surface area contributed by atoms with Crippen LogP contribution in [0.4, 0.5) is 4.39 Å². The van der Waals surface area contributed by atoms with Crippen molar-refractivity contribution in [2.75, 3.05) is 13.1 Å². The lowest BCUT2D eigenvalue weighted by molar-refractivity contribution is 0.451. The van der Waals surface area contributed by atoms with Crippen molar-refractivity contribution in [1.29, 1.82) is 5.26 Å². The second-order valence-electron chi connectivity index (χ2n) is 7.67. The number of phenolic OH excluding ortho intramolecular Hbond substituents is 1. The van der Waals surface area contributed by atoms with E-state index in [1.807, 2.05) is 10.6 Å². The Kier molecular flexibility index (Phi) is 6.23. The average molecular weight is 456 g/mol. The second-order valence-corrected chi connectivity index (χ2v) is 9.60. The number of sulfonamides is 1. The predicted octanol–water partition coefficient (Wildman–Crippen LogP) is 2.20. The van der Waals surface area contributed by atoms with E-state index in [1.54, 1.807) is 18.6 Å². The van der Waals surface area contributed by atoms with Crippen molar-refractivity contribution in [3.63, 3.8) is 0 Å². The molecule has 0 bridgehead atoms. The molecule has 2 N–H and O–H groups in total. The van der Waals surface area contributed by atoms with Gasteiger partial charge < -0.3 is 15.0 Å². The summed E-state index contributed by atoms with van der Waals surface area (Å²) < 4.78 is 42.8. The summed E-state index contributed by atoms with van der Waals surface area (Å²) >= 11 is 0. The van der Waals surface area contributed by atoms with E-state index >= 15 is 0 Å². The first-order valence-corrected chi connectivity index (χ1v) is 11.5. The van der Waals surface area contributed by atoms with Crippen molar-refractivity contribution in [1.82, 2.24) is 19.2 Å². The first-order valence-electron chi connectivity index (χ1n) is 10.1. The largest absolute Gasteiger partial charge is 0.508 e. The SMILES string of the molecule is N#Cc1ccc(Cn2cncc2CNC2CCN(S(=O)(=O)c3cccc(O)c3)C2)cc1F. The topological polar surface area (TPSA) is 111 Å². The zero-order chi connectivity index (χ0) is 22.7. The highest BCUT2D eigenvalue weighted by atomic mass is 32.2. The summed E-state index contributed by atoms with van der Waals surface area (Å²) in [6, 6.07) is 12.0. The van der Waals surface area contributed by atoms with Crippen molar-refractivity contribution < 1.29 is 17.9 Å². The Morgan fingerprint density at radius 3 is 2.88 bits per heavy atom. The van der Waals surface area contributed by atoms with E-state index in [-0.39, 0.29) is 22.3 Å². The molecule has 2 aromatic carbocycles. The lowest BCUT2D eigenvalue weighted by atomic mass is 10.1. The van der Waals surface area contributed by atoms with Gasteiger partial charge in [-0.2, -0.15) is 9.57 Å². The Labute approximate surface area is 185 Å². The summed E-state index contributed by atoms with van der Waals surface area (Å²) in [5.74, 6) is -0.640. The molecule has 1 unspecified atom stereocenters. The van der Waals surface area contributed by atoms with Crippen LogP contribution in [0.15, 0.2) is 59.9 Å². The van der Waals surface area contributed by atoms with Crippen molar-refractivity contribution in [2.45, 2.75) is 30.4 Å². The fraction of sp³-hybridized carbons (Fsp3) is 0.273. The fourth-order valence-electron chi connectivity index (χ4n) is 3.74. The van der Waals surface area contributed by atoms with Gasteiger partial charge in [0.25, 0.3) is 0 Å². The van der Waals surface area contributed by atoms with Gasteiger partial charge in [0.15, 0.2) is 0 Å². The molecule has 3 aromatic rings. The molecule has 0 amide bonds. The molecule has 0 radical (unpaired) electrons. The van der Waals surface area contributed by atoms with Gasteiger partial charge in [0.1, 0.15) is 17.6 Å². The van der Waals surface area contributed by atoms with Gasteiger partial charge in [-0.1, -0.05) is 12.1 Å². The van der Waals surface area contributed by atoms with Gasteiger partial charge in [-0.3, -0.25) is 0 Å². The maximum atomic E-state index is 13.9. The van der Waals surface area contributed by atoms with Crippen molar-refractivity contribution in [3.05, 3.63) is 77.6 Å². The molecule has 32 heavy (non-hydrogen) atoms. The van der Waals surface area contributed by atoms with Crippen LogP contribution < -0.4 is 5.32 Å². The van der Waals surface area contributed by atoms with Crippen LogP contribution in [0.5, 0.6) is 5.75 Å². The number of nitrogens with zero attached hydrogens (tertiary/aromatic N) is 4. The molecule has 1 aliphatic heterocycles. The molecule has 2 heterocycles. The molecular formula is C22H22FN5O3S. The van der Waals surface area contributed by atoms with Crippen LogP contribution in [0.3, 0.4) is 0 Å². The quantitative estimate of drug-likeness (QED) is 0.565. The van der Waals surface area contributed by atoms with E-state index < -0.39 is 15.8 Å². The number of halogens is 1. The molecule has 1 aliphatic rings. The first-order chi connectivity index (χ1) is 15.4. The van der Waals surface area contributed by atoms with E-state index in [1.165, 1.54) is 40.7 Å². The predicted molar refractivity (Wildman–Crippen MR) is 115 cm³/mol. The molecule has 8 nitrogen and oxygen atoms in total. The Bertz CT molecular complexity index is 1270. The number of aromatic hydroxyl groups is 1. The van der Waals surface area contributed by atoms with Gasteiger partial charge in [-0.05, 0) is 42.3 Å². The smallest absolute Gasteiger partial charge is 0.243 e. The standard InChI is InChI=1S/C22H22FN5O3S/c23-22-8-16(4-5-17(22)10-24)13-27-15-25-11-19(27)12-26-18-6-7-28(14-18)32(30,31)21-3-1-2-20(29)9-21/h1-5,8-9,11,15,18,26,29H,6-7,12-14H2. The van der Waals surface area contributed by atoms with E-state index in [2.05, 4.69) is 10.3 Å². The number of imidazole rings is 1. The molecule has 166 valence electrons. The van der Waals surface area contributed by atoms with Crippen LogP contribution >= 0.6 is 0 Å². The first kappa shape index (κ1) is 22.0. The van der Waals surface area contributed by atoms with Gasteiger partial charge in [0.2, 0.25) is 10.0 Å². The average Bonchev–Trinajstić information content (AvgIpc) is 3.42. The number of nitriles is 1. The monoisotopic (exact) mass is 455 g/mol. The number of hydrogen-bond donors (Lipinski definition) is 2. The lowest BCUT2D eigenvalue weighted by Crippen LogP contribution is -2.35. The minimum absolute atomic E-state index is 0.00715. The summed E-state index contributed by atoms with van der Waals surface area (Å²) in [5.41, 5.74) is 1.60. The summed E-state index contributed by atoms with van der Waals surface area (Å²) in [6.07, 6.45) is 4.02. The van der Waals surface area contributed by atoms with Crippen LogP contribution in [0.1, 0.15) is 23.2 Å². The van der Waals surface area contributed by atoms with Crippen molar-refractivity contribution in [2.24, 2.45) is 0 Å². The molecule has 1 atom stereocenters. The molecule has 1 aromatic heterocycles. The fourth-order valence-corrected chi connectivity index (χ4v) is 5.28. The molecule has 1 fully saturated rings. The number of nitrogens with one attached hydrogen (secondary N) is 1. The maximum Gasteiger partial charge on any atom is 0.243 e. The highest BCUT2D eigenvalue weighted by molar-refractivity contribution is 7.89. The van der Waals surface area contributed by atoms with Gasteiger partial charge in [0, 0.05) is 38.4 Å². The second kappa shape index (κ2) is 9.08. The maximum absolute atomic E-state index is 13.9. The summed E-state index contributed by atoms with van der Waals surface area (Å²) in [6.45, 7) is 1.60. The van der Waals surface area contributed by atoms with Crippen molar-refractivity contribution >= 4 is 10.0 Å². The third-order valence-electron chi connectivity index (χ3n) is 5.48. The summed E-state index contributed by atoms with van der Waals surface area (Å²) in [5, 5.41) is 21.8. The van der Waals surface area contributed by atoms with Crippen LogP contribution in [-0.2, 0) is 23.1 Å². The van der Waals surface area contributed by atoms with Crippen LogP contribution in [0.25, 0.3) is 0 Å². The van der Waals surface area contributed by atoms with Gasteiger partial charge >= 0.3 is 0 Å². The zero-order valence-corrected chi connectivity index (χ0v) is 18.0. The molecular weight excluding hydrogens is 433 g/mol. The Morgan fingerprint density at radius 1 is 1.28 bits per heavy atom. The number of hydrogen-bond acceptors (Lipinski definition) is 6. The van der Waals surface area contributed by atoms with E-state index in [9.17, 15) is 17.9 Å². The van der Waals surface area contributed by atoms with Crippen LogP contribution in [0.2, 0.25) is 0 Å². The van der Waals surface area contributed by atoms with Gasteiger partial charge in [-0.25, -0.2) is 17.8 Å². The normalized spacial score (nSPS) is 16.8. The van der Waals surface area contributed by atoms with E-state index in [0.717, 1.165) is 5.69 Å². The minimum atomic E-state index is -3.67. The number of aromatic nitrogens is 2. The summed E-state index contributed by atoms with van der Waals surface area (Å²) in [7, 11) is -3.67. The Hall–Kier alpha value is -3.26. The van der Waals surface area contributed by atoms with Crippen molar-refractivity contribution in [3.8, 4) is 11.8 Å². The Balaban J connectivity index is 1.37. The van der Waals surface area contributed by atoms with E-state index in [4.69, 9.17) is 5.26 Å². The minimum Gasteiger partial charge on any atom is -0.508 e. The molecule has 0 spiro atoms. The third-order valence-corrected chi connectivity index (χ3v) is 7.34. The molecule has 0 saturated carbocycles. The Morgan fingerprint density at radius 2 is 2.12 bits per heavy atom. The molecule has 10 heteroatoms. The number of phenols is 1. The molecule has 0 aliphatic carbocycles. The highest BCUT2D eigenvalue weighted by Crippen LogP contribution is 2.24. The lowest BCUT2D eigenvalue weighted by Gasteiger charge is -2.17. The van der Waals surface area contributed by atoms with Crippen LogP contribution in [-0.4, -0.2) is 46.5 Å². The molecule has 1 saturated heterocycles. The number of rotatable bonds is 7. The van der Waals surface area contributed by atoms with Gasteiger partial charge in [-0.15, -0.1) is 0 Å². The highest BCUT2D eigenvalue weighted by Gasteiger charge is 2.32. The summed E-state index contributed by atoms with van der Waals surface area (Å²) in [4.78, 5) is 4.24. The van der Waals surface area contributed by atoms with Gasteiger partial charge in [0.05, 0.1) is 22.5 Å². The third kappa shape index (κ3) is 4.65. The van der Waals surface area contributed by atoms with E-state index in [0.29, 0.717) is 38.2 Å².